The van der Waals surface area contributed by atoms with Crippen molar-refractivity contribution in [3.63, 3.8) is 0 Å². The molecule has 0 saturated carbocycles. The van der Waals surface area contributed by atoms with Gasteiger partial charge in [-0.2, -0.15) is 0 Å². The van der Waals surface area contributed by atoms with Crippen LogP contribution in [-0.4, -0.2) is 41.5 Å². The van der Waals surface area contributed by atoms with Crippen LogP contribution in [0.1, 0.15) is 25.6 Å². The molecule has 0 aliphatic carbocycles. The highest BCUT2D eigenvalue weighted by molar-refractivity contribution is 5.81. The van der Waals surface area contributed by atoms with Gasteiger partial charge < -0.3 is 9.64 Å². The fourth-order valence-electron chi connectivity index (χ4n) is 2.47. The molecule has 1 heterocycles. The summed E-state index contributed by atoms with van der Waals surface area (Å²) in [5.74, 6) is -0.0296. The SMILES string of the molecule is CCOC(C)CN1C(=O)CNC1c1cccc([N+](=O)[O-])c1. The number of nitrogens with zero attached hydrogens (tertiary/aromatic N) is 2. The molecule has 1 aliphatic heterocycles. The van der Waals surface area contributed by atoms with Crippen LogP contribution in [0.5, 0.6) is 0 Å². The van der Waals surface area contributed by atoms with Crippen molar-refractivity contribution in [2.45, 2.75) is 26.1 Å². The lowest BCUT2D eigenvalue weighted by atomic mass is 10.1. The number of nitrogens with one attached hydrogen (secondary N) is 1. The second-order valence-electron chi connectivity index (χ2n) is 4.95. The first-order valence-corrected chi connectivity index (χ1v) is 6.91. The van der Waals surface area contributed by atoms with Gasteiger partial charge in [0.15, 0.2) is 0 Å². The molecule has 2 atom stereocenters. The quantitative estimate of drug-likeness (QED) is 0.634. The summed E-state index contributed by atoms with van der Waals surface area (Å²) in [5, 5.41) is 13.9. The number of ether oxygens (including phenoxy) is 1. The molecule has 1 fully saturated rings. The van der Waals surface area contributed by atoms with Crippen molar-refractivity contribution in [1.82, 2.24) is 10.2 Å². The van der Waals surface area contributed by atoms with E-state index in [1.807, 2.05) is 13.8 Å². The number of amides is 1. The third-order valence-corrected chi connectivity index (χ3v) is 3.38. The van der Waals surface area contributed by atoms with Gasteiger partial charge in [0.05, 0.1) is 17.6 Å². The van der Waals surface area contributed by atoms with E-state index >= 15 is 0 Å². The topological polar surface area (TPSA) is 84.7 Å². The van der Waals surface area contributed by atoms with Gasteiger partial charge in [0.25, 0.3) is 5.69 Å². The maximum Gasteiger partial charge on any atom is 0.269 e. The first kappa shape index (κ1) is 15.4. The Bertz CT molecular complexity index is 535. The van der Waals surface area contributed by atoms with Crippen molar-refractivity contribution in [1.29, 1.82) is 0 Å². The van der Waals surface area contributed by atoms with Crippen molar-refractivity contribution >= 4 is 11.6 Å². The molecule has 21 heavy (non-hydrogen) atoms. The average Bonchev–Trinajstić information content (AvgIpc) is 2.81. The lowest BCUT2D eigenvalue weighted by Crippen LogP contribution is -2.36. The van der Waals surface area contributed by atoms with Gasteiger partial charge in [-0.25, -0.2) is 0 Å². The summed E-state index contributed by atoms with van der Waals surface area (Å²) in [7, 11) is 0. The van der Waals surface area contributed by atoms with E-state index in [-0.39, 0.29) is 30.4 Å². The number of hydrogen-bond acceptors (Lipinski definition) is 5. The number of non-ortho nitro benzene ring substituents is 1. The lowest BCUT2D eigenvalue weighted by molar-refractivity contribution is -0.385. The molecule has 0 spiro atoms. The van der Waals surface area contributed by atoms with Gasteiger partial charge in [0.1, 0.15) is 6.17 Å². The molecule has 0 radical (unpaired) electrons. The largest absolute Gasteiger partial charge is 0.377 e. The fraction of sp³-hybridized carbons (Fsp3) is 0.500. The van der Waals surface area contributed by atoms with E-state index in [4.69, 9.17) is 4.74 Å². The Labute approximate surface area is 123 Å². The van der Waals surface area contributed by atoms with Gasteiger partial charge >= 0.3 is 0 Å². The molecule has 1 amide bonds. The van der Waals surface area contributed by atoms with Crippen molar-refractivity contribution < 1.29 is 14.5 Å². The monoisotopic (exact) mass is 293 g/mol. The summed E-state index contributed by atoms with van der Waals surface area (Å²) >= 11 is 0. The number of rotatable bonds is 6. The summed E-state index contributed by atoms with van der Waals surface area (Å²) in [4.78, 5) is 24.1. The highest BCUT2D eigenvalue weighted by atomic mass is 16.6. The predicted molar refractivity (Wildman–Crippen MR) is 76.6 cm³/mol. The van der Waals surface area contributed by atoms with Crippen LogP contribution in [0.4, 0.5) is 5.69 Å². The van der Waals surface area contributed by atoms with Crippen LogP contribution in [-0.2, 0) is 9.53 Å². The van der Waals surface area contributed by atoms with Crippen LogP contribution in [0.15, 0.2) is 24.3 Å². The van der Waals surface area contributed by atoms with E-state index in [1.165, 1.54) is 12.1 Å². The molecule has 1 saturated heterocycles. The molecule has 2 unspecified atom stereocenters. The smallest absolute Gasteiger partial charge is 0.269 e. The Morgan fingerprint density at radius 1 is 1.57 bits per heavy atom. The number of benzene rings is 1. The molecule has 1 aromatic carbocycles. The normalized spacial score (nSPS) is 19.8. The number of nitro benzene ring substituents is 1. The Balaban J connectivity index is 2.19. The van der Waals surface area contributed by atoms with E-state index in [0.717, 1.165) is 0 Å². The molecule has 114 valence electrons. The van der Waals surface area contributed by atoms with E-state index in [1.54, 1.807) is 17.0 Å². The Morgan fingerprint density at radius 2 is 2.33 bits per heavy atom. The van der Waals surface area contributed by atoms with Crippen molar-refractivity contribution in [3.8, 4) is 0 Å². The second kappa shape index (κ2) is 6.64. The molecule has 2 rings (SSSR count). The van der Waals surface area contributed by atoms with Crippen molar-refractivity contribution in [3.05, 3.63) is 39.9 Å². The van der Waals surface area contributed by atoms with Crippen LogP contribution in [0.3, 0.4) is 0 Å². The maximum atomic E-state index is 12.0. The molecular weight excluding hydrogens is 274 g/mol. The van der Waals surface area contributed by atoms with Crippen LogP contribution in [0.25, 0.3) is 0 Å². The molecule has 1 aromatic rings. The zero-order chi connectivity index (χ0) is 15.4. The van der Waals surface area contributed by atoms with Gasteiger partial charge in [-0.1, -0.05) is 12.1 Å². The highest BCUT2D eigenvalue weighted by Gasteiger charge is 2.33. The van der Waals surface area contributed by atoms with Gasteiger partial charge in [0, 0.05) is 25.3 Å². The first-order valence-electron chi connectivity index (χ1n) is 6.91. The van der Waals surface area contributed by atoms with Crippen molar-refractivity contribution in [2.75, 3.05) is 19.7 Å². The van der Waals surface area contributed by atoms with E-state index in [2.05, 4.69) is 5.32 Å². The Morgan fingerprint density at radius 3 is 3.00 bits per heavy atom. The summed E-state index contributed by atoms with van der Waals surface area (Å²) in [6, 6.07) is 6.34. The van der Waals surface area contributed by atoms with Crippen LogP contribution < -0.4 is 5.32 Å². The highest BCUT2D eigenvalue weighted by Crippen LogP contribution is 2.25. The minimum atomic E-state index is -0.437. The Hall–Kier alpha value is -1.99. The van der Waals surface area contributed by atoms with Gasteiger partial charge in [-0.3, -0.25) is 20.2 Å². The average molecular weight is 293 g/mol. The standard InChI is InChI=1S/C14H19N3O4/c1-3-21-10(2)9-16-13(18)8-15-14(16)11-5-4-6-12(7-11)17(19)20/h4-7,10,14-15H,3,8-9H2,1-2H3. The zero-order valence-electron chi connectivity index (χ0n) is 12.1. The molecule has 1 aliphatic rings. The van der Waals surface area contributed by atoms with Crippen LogP contribution in [0, 0.1) is 10.1 Å². The minimum absolute atomic E-state index is 0.0199. The summed E-state index contributed by atoms with van der Waals surface area (Å²) in [6.45, 7) is 5.07. The fourth-order valence-corrected chi connectivity index (χ4v) is 2.47. The van der Waals surface area contributed by atoms with Crippen LogP contribution >= 0.6 is 0 Å². The molecule has 0 aromatic heterocycles. The molecule has 1 N–H and O–H groups in total. The summed E-state index contributed by atoms with van der Waals surface area (Å²) in [6.07, 6.45) is -0.430. The zero-order valence-corrected chi connectivity index (χ0v) is 12.1. The molecular formula is C14H19N3O4. The summed E-state index contributed by atoms with van der Waals surface area (Å²) in [5.41, 5.74) is 0.727. The Kier molecular flexibility index (Phi) is 4.87. The van der Waals surface area contributed by atoms with Gasteiger partial charge in [-0.05, 0) is 19.4 Å². The number of carbonyl (C=O) groups is 1. The number of carbonyl (C=O) groups excluding carboxylic acids is 1. The van der Waals surface area contributed by atoms with Crippen molar-refractivity contribution in [2.24, 2.45) is 0 Å². The van der Waals surface area contributed by atoms with Crippen LogP contribution in [0.2, 0.25) is 0 Å². The minimum Gasteiger partial charge on any atom is -0.377 e. The summed E-state index contributed by atoms with van der Waals surface area (Å²) < 4.78 is 5.47. The van der Waals surface area contributed by atoms with E-state index in [0.29, 0.717) is 18.7 Å². The third-order valence-electron chi connectivity index (χ3n) is 3.38. The number of hydrogen-bond donors (Lipinski definition) is 1. The predicted octanol–water partition coefficient (Wildman–Crippen LogP) is 1.45. The van der Waals surface area contributed by atoms with Gasteiger partial charge in [-0.15, -0.1) is 0 Å². The van der Waals surface area contributed by atoms with Gasteiger partial charge in [0.2, 0.25) is 5.91 Å². The third kappa shape index (κ3) is 3.56. The van der Waals surface area contributed by atoms with E-state index in [9.17, 15) is 14.9 Å². The lowest BCUT2D eigenvalue weighted by Gasteiger charge is -2.27. The molecule has 7 heteroatoms. The second-order valence-corrected chi connectivity index (χ2v) is 4.95. The molecule has 7 nitrogen and oxygen atoms in total. The first-order chi connectivity index (χ1) is 10.0. The number of nitro groups is 1. The van der Waals surface area contributed by atoms with E-state index < -0.39 is 4.92 Å². The molecule has 0 bridgehead atoms. The maximum absolute atomic E-state index is 12.0.